The van der Waals surface area contributed by atoms with Crippen molar-refractivity contribution >= 4 is 17.2 Å². The Morgan fingerprint density at radius 2 is 1.82 bits per heavy atom. The molecule has 0 radical (unpaired) electrons. The van der Waals surface area contributed by atoms with Gasteiger partial charge in [0.2, 0.25) is 12.7 Å². The van der Waals surface area contributed by atoms with Crippen LogP contribution in [-0.4, -0.2) is 48.7 Å². The number of benzene rings is 1. The predicted octanol–water partition coefficient (Wildman–Crippen LogP) is 3.63. The lowest BCUT2D eigenvalue weighted by Crippen LogP contribution is -2.53. The molecule has 1 saturated heterocycles. The second kappa shape index (κ2) is 7.41. The van der Waals surface area contributed by atoms with Gasteiger partial charge in [-0.1, -0.05) is 25.0 Å². The van der Waals surface area contributed by atoms with Gasteiger partial charge in [0.25, 0.3) is 0 Å². The summed E-state index contributed by atoms with van der Waals surface area (Å²) in [4.78, 5) is 19.3. The highest BCUT2D eigenvalue weighted by Gasteiger charge is 2.46. The van der Waals surface area contributed by atoms with Crippen LogP contribution in [0.1, 0.15) is 36.1 Å². The number of carbonyl (C=O) groups excluding carboxylic acids is 1. The molecule has 1 aromatic heterocycles. The zero-order chi connectivity index (χ0) is 19.0. The van der Waals surface area contributed by atoms with Gasteiger partial charge in [0, 0.05) is 37.6 Å². The van der Waals surface area contributed by atoms with Crippen molar-refractivity contribution in [3.63, 3.8) is 0 Å². The van der Waals surface area contributed by atoms with Gasteiger partial charge in [0.1, 0.15) is 0 Å². The maximum Gasteiger partial charge on any atom is 0.234 e. The molecule has 0 N–H and O–H groups in total. The largest absolute Gasteiger partial charge is 0.454 e. The molecule has 3 heterocycles. The molecular weight excluding hydrogens is 372 g/mol. The minimum absolute atomic E-state index is 0.256. The van der Waals surface area contributed by atoms with Crippen LogP contribution in [-0.2, 0) is 16.8 Å². The number of thiophene rings is 1. The van der Waals surface area contributed by atoms with Gasteiger partial charge in [-0.3, -0.25) is 9.69 Å². The van der Waals surface area contributed by atoms with E-state index in [4.69, 9.17) is 9.47 Å². The molecule has 5 nitrogen and oxygen atoms in total. The highest BCUT2D eigenvalue weighted by Crippen LogP contribution is 2.44. The van der Waals surface area contributed by atoms with Crippen molar-refractivity contribution in [2.75, 3.05) is 33.0 Å². The highest BCUT2D eigenvalue weighted by atomic mass is 32.1. The number of amides is 1. The summed E-state index contributed by atoms with van der Waals surface area (Å²) in [6.45, 7) is 4.66. The van der Waals surface area contributed by atoms with E-state index in [1.807, 2.05) is 6.07 Å². The summed E-state index contributed by atoms with van der Waals surface area (Å²) in [7, 11) is 0. The monoisotopic (exact) mass is 398 g/mol. The Bertz CT molecular complexity index is 837. The van der Waals surface area contributed by atoms with Crippen LogP contribution in [0.4, 0.5) is 0 Å². The van der Waals surface area contributed by atoms with E-state index in [0.717, 1.165) is 69.9 Å². The summed E-state index contributed by atoms with van der Waals surface area (Å²) in [5, 5.41) is 2.10. The molecule has 1 aromatic carbocycles. The molecular formula is C22H26N2O3S. The van der Waals surface area contributed by atoms with E-state index in [1.54, 1.807) is 11.3 Å². The summed E-state index contributed by atoms with van der Waals surface area (Å²) in [5.41, 5.74) is 0.975. The Morgan fingerprint density at radius 1 is 1.04 bits per heavy atom. The first-order chi connectivity index (χ1) is 13.7. The third-order valence-corrected chi connectivity index (χ3v) is 7.44. The van der Waals surface area contributed by atoms with Gasteiger partial charge in [-0.15, -0.1) is 11.3 Å². The molecule has 28 heavy (non-hydrogen) atoms. The number of fused-ring (bicyclic) bond motifs is 1. The summed E-state index contributed by atoms with van der Waals surface area (Å²) in [6, 6.07) is 10.4. The van der Waals surface area contributed by atoms with Crippen molar-refractivity contribution in [2.45, 2.75) is 37.6 Å². The van der Waals surface area contributed by atoms with Crippen molar-refractivity contribution in [2.24, 2.45) is 0 Å². The number of ether oxygens (including phenoxy) is 2. The lowest BCUT2D eigenvalue weighted by molar-refractivity contribution is -0.139. The number of hydrogen-bond donors (Lipinski definition) is 0. The zero-order valence-corrected chi connectivity index (χ0v) is 16.9. The van der Waals surface area contributed by atoms with Crippen molar-refractivity contribution in [3.8, 4) is 11.5 Å². The molecule has 3 aliphatic rings. The van der Waals surface area contributed by atoms with Crippen molar-refractivity contribution in [3.05, 3.63) is 46.2 Å². The first-order valence-electron chi connectivity index (χ1n) is 10.2. The quantitative estimate of drug-likeness (QED) is 0.789. The van der Waals surface area contributed by atoms with Crippen molar-refractivity contribution in [1.82, 2.24) is 9.80 Å². The molecule has 0 bridgehead atoms. The van der Waals surface area contributed by atoms with Gasteiger partial charge in [0.05, 0.1) is 5.41 Å². The molecule has 2 fully saturated rings. The van der Waals surface area contributed by atoms with E-state index in [9.17, 15) is 4.79 Å². The SMILES string of the molecule is O=C(N1CCN(Cc2ccc3c(c2)OCO3)CC1)C1(c2cccs2)CCCC1. The first-order valence-corrected chi connectivity index (χ1v) is 11.1. The molecule has 0 atom stereocenters. The summed E-state index contributed by atoms with van der Waals surface area (Å²) in [6.07, 6.45) is 4.33. The van der Waals surface area contributed by atoms with Crippen LogP contribution < -0.4 is 9.47 Å². The van der Waals surface area contributed by atoms with Crippen LogP contribution in [0.3, 0.4) is 0 Å². The fourth-order valence-electron chi connectivity index (χ4n) is 4.80. The van der Waals surface area contributed by atoms with Crippen molar-refractivity contribution in [1.29, 1.82) is 0 Å². The van der Waals surface area contributed by atoms with Gasteiger partial charge in [-0.05, 0) is 42.0 Å². The van der Waals surface area contributed by atoms with Gasteiger partial charge >= 0.3 is 0 Å². The normalized spacial score (nSPS) is 21.2. The average molecular weight is 399 g/mol. The summed E-state index contributed by atoms with van der Waals surface area (Å²) < 4.78 is 10.9. The van der Waals surface area contributed by atoms with Gasteiger partial charge in [-0.25, -0.2) is 0 Å². The van der Waals surface area contributed by atoms with Crippen LogP contribution >= 0.6 is 11.3 Å². The molecule has 1 aliphatic carbocycles. The maximum absolute atomic E-state index is 13.5. The molecule has 0 unspecified atom stereocenters. The fraction of sp³-hybridized carbons (Fsp3) is 0.500. The maximum atomic E-state index is 13.5. The molecule has 0 spiro atoms. The molecule has 5 rings (SSSR count). The smallest absolute Gasteiger partial charge is 0.234 e. The molecule has 2 aliphatic heterocycles. The van der Waals surface area contributed by atoms with E-state index in [1.165, 1.54) is 10.4 Å². The van der Waals surface area contributed by atoms with Gasteiger partial charge < -0.3 is 14.4 Å². The standard InChI is InChI=1S/C22H26N2O3S/c25-21(22(7-1-2-8-22)20-4-3-13-28-20)24-11-9-23(10-12-24)15-17-5-6-18-19(14-17)27-16-26-18/h3-6,13-14H,1-2,7-12,15-16H2. The third-order valence-electron chi connectivity index (χ3n) is 6.36. The number of carbonyl (C=O) groups is 1. The van der Waals surface area contributed by atoms with Crippen LogP contribution in [0.25, 0.3) is 0 Å². The zero-order valence-electron chi connectivity index (χ0n) is 16.1. The Balaban J connectivity index is 1.22. The second-order valence-electron chi connectivity index (χ2n) is 8.02. The lowest BCUT2D eigenvalue weighted by atomic mass is 9.82. The Kier molecular flexibility index (Phi) is 4.77. The van der Waals surface area contributed by atoms with Crippen LogP contribution in [0.5, 0.6) is 11.5 Å². The molecule has 6 heteroatoms. The van der Waals surface area contributed by atoms with E-state index in [2.05, 4.69) is 39.4 Å². The minimum atomic E-state index is -0.256. The van der Waals surface area contributed by atoms with Gasteiger partial charge in [-0.2, -0.15) is 0 Å². The highest BCUT2D eigenvalue weighted by molar-refractivity contribution is 7.10. The van der Waals surface area contributed by atoms with E-state index in [0.29, 0.717) is 12.7 Å². The molecule has 1 saturated carbocycles. The number of rotatable bonds is 4. The fourth-order valence-corrected chi connectivity index (χ4v) is 5.78. The van der Waals surface area contributed by atoms with Gasteiger partial charge in [0.15, 0.2) is 11.5 Å². The lowest BCUT2D eigenvalue weighted by Gasteiger charge is -2.39. The topological polar surface area (TPSA) is 42.0 Å². The molecule has 148 valence electrons. The van der Waals surface area contributed by atoms with Crippen LogP contribution in [0.15, 0.2) is 35.7 Å². The van der Waals surface area contributed by atoms with Crippen molar-refractivity contribution < 1.29 is 14.3 Å². The Hall–Kier alpha value is -2.05. The number of piperazine rings is 1. The second-order valence-corrected chi connectivity index (χ2v) is 8.97. The first kappa shape index (κ1) is 18.0. The molecule has 1 amide bonds. The Morgan fingerprint density at radius 3 is 2.57 bits per heavy atom. The predicted molar refractivity (Wildman–Crippen MR) is 109 cm³/mol. The van der Waals surface area contributed by atoms with Crippen LogP contribution in [0.2, 0.25) is 0 Å². The number of nitrogens with zero attached hydrogens (tertiary/aromatic N) is 2. The van der Waals surface area contributed by atoms with E-state index < -0.39 is 0 Å². The number of hydrogen-bond acceptors (Lipinski definition) is 5. The summed E-state index contributed by atoms with van der Waals surface area (Å²) in [5.74, 6) is 2.02. The third kappa shape index (κ3) is 3.18. The molecule has 2 aromatic rings. The van der Waals surface area contributed by atoms with E-state index >= 15 is 0 Å². The summed E-state index contributed by atoms with van der Waals surface area (Å²) >= 11 is 1.74. The van der Waals surface area contributed by atoms with Crippen LogP contribution in [0, 0.1) is 0 Å². The minimum Gasteiger partial charge on any atom is -0.454 e. The average Bonchev–Trinajstić information content (AvgIpc) is 3.49. The van der Waals surface area contributed by atoms with E-state index in [-0.39, 0.29) is 5.41 Å². The Labute approximate surface area is 169 Å².